The second-order valence-electron chi connectivity index (χ2n) is 6.58. The number of nitrogens with one attached hydrogen (secondary N) is 2. The maximum Gasteiger partial charge on any atom is 0.271 e. The molecule has 5 nitrogen and oxygen atoms in total. The number of hydrogen-bond donors (Lipinski definition) is 2. The van der Waals surface area contributed by atoms with Crippen LogP contribution >= 0.6 is 0 Å². The van der Waals surface area contributed by atoms with E-state index in [1.54, 1.807) is 24.4 Å². The maximum atomic E-state index is 13.8. The lowest BCUT2D eigenvalue weighted by atomic mass is 10.1. The van der Waals surface area contributed by atoms with Crippen molar-refractivity contribution in [3.05, 3.63) is 71.7 Å². The first-order chi connectivity index (χ1) is 12.6. The van der Waals surface area contributed by atoms with Crippen LogP contribution in [-0.4, -0.2) is 16.4 Å². The third kappa shape index (κ3) is 2.83. The number of aryl methyl sites for hydroxylation is 1. The van der Waals surface area contributed by atoms with Crippen LogP contribution < -0.4 is 10.9 Å². The highest BCUT2D eigenvalue weighted by Crippen LogP contribution is 2.48. The summed E-state index contributed by atoms with van der Waals surface area (Å²) in [4.78, 5) is 24.7. The molecule has 3 aromatic rings. The lowest BCUT2D eigenvalue weighted by Crippen LogP contribution is -2.42. The van der Waals surface area contributed by atoms with Crippen LogP contribution in [0.4, 0.5) is 4.39 Å². The summed E-state index contributed by atoms with van der Waals surface area (Å²) in [5, 5.41) is 0.817. The molecule has 0 saturated heterocycles. The number of aromatic nitrogens is 1. The number of carbonyl (C=O) groups excluding carboxylic acids is 2. The number of carbonyl (C=O) groups is 2. The standard InChI is InChI=1S/C20H18FN3O2/c1-24-11-16(13-7-3-5-9-18(13)24)20(26)23-22-19(25)15-10-14(15)12-6-2-4-8-17(12)21/h2-9,11,14-15H,10H2,1H3,(H,22,25)(H,23,26). The fourth-order valence-electron chi connectivity index (χ4n) is 3.41. The highest BCUT2D eigenvalue weighted by molar-refractivity contribution is 6.07. The molecule has 2 N–H and O–H groups in total. The monoisotopic (exact) mass is 351 g/mol. The lowest BCUT2D eigenvalue weighted by Gasteiger charge is -2.07. The molecule has 4 rings (SSSR count). The normalized spacial score (nSPS) is 18.5. The Bertz CT molecular complexity index is 1010. The number of para-hydroxylation sites is 1. The van der Waals surface area contributed by atoms with Crippen molar-refractivity contribution in [1.82, 2.24) is 15.4 Å². The summed E-state index contributed by atoms with van der Waals surface area (Å²) in [5.41, 5.74) is 6.91. The van der Waals surface area contributed by atoms with Gasteiger partial charge in [0.05, 0.1) is 5.56 Å². The Kier molecular flexibility index (Phi) is 3.95. The van der Waals surface area contributed by atoms with Crippen molar-refractivity contribution in [3.8, 4) is 0 Å². The Morgan fingerprint density at radius 3 is 2.62 bits per heavy atom. The average Bonchev–Trinajstić information content (AvgIpc) is 3.38. The van der Waals surface area contributed by atoms with Crippen molar-refractivity contribution < 1.29 is 14.0 Å². The van der Waals surface area contributed by atoms with E-state index in [1.165, 1.54) is 6.07 Å². The summed E-state index contributed by atoms with van der Waals surface area (Å²) < 4.78 is 15.7. The Hall–Kier alpha value is -3.15. The maximum absolute atomic E-state index is 13.8. The molecule has 1 fully saturated rings. The van der Waals surface area contributed by atoms with Crippen LogP contribution in [0.15, 0.2) is 54.7 Å². The molecule has 2 atom stereocenters. The van der Waals surface area contributed by atoms with Crippen LogP contribution in [-0.2, 0) is 11.8 Å². The molecule has 2 unspecified atom stereocenters. The number of rotatable bonds is 3. The summed E-state index contributed by atoms with van der Waals surface area (Å²) in [7, 11) is 1.86. The first kappa shape index (κ1) is 16.3. The van der Waals surface area contributed by atoms with E-state index in [1.807, 2.05) is 35.9 Å². The molecule has 6 heteroatoms. The van der Waals surface area contributed by atoms with Gasteiger partial charge in [-0.3, -0.25) is 20.4 Å². The molecule has 1 heterocycles. The summed E-state index contributed by atoms with van der Waals surface area (Å²) in [6, 6.07) is 14.0. The fourth-order valence-corrected chi connectivity index (χ4v) is 3.41. The summed E-state index contributed by atoms with van der Waals surface area (Å²) in [6.07, 6.45) is 2.31. The quantitative estimate of drug-likeness (QED) is 0.713. The summed E-state index contributed by atoms with van der Waals surface area (Å²) >= 11 is 0. The predicted octanol–water partition coefficient (Wildman–Crippen LogP) is 2.88. The van der Waals surface area contributed by atoms with E-state index in [2.05, 4.69) is 10.9 Å². The van der Waals surface area contributed by atoms with Gasteiger partial charge < -0.3 is 4.57 Å². The number of amides is 2. The van der Waals surface area contributed by atoms with E-state index in [-0.39, 0.29) is 29.5 Å². The smallest absolute Gasteiger partial charge is 0.271 e. The predicted molar refractivity (Wildman–Crippen MR) is 95.8 cm³/mol. The molecule has 2 aromatic carbocycles. The van der Waals surface area contributed by atoms with E-state index in [0.29, 0.717) is 17.5 Å². The van der Waals surface area contributed by atoms with Gasteiger partial charge in [0.25, 0.3) is 5.91 Å². The van der Waals surface area contributed by atoms with E-state index in [9.17, 15) is 14.0 Å². The zero-order valence-electron chi connectivity index (χ0n) is 14.2. The van der Waals surface area contributed by atoms with Crippen LogP contribution in [0, 0.1) is 11.7 Å². The first-order valence-corrected chi connectivity index (χ1v) is 8.45. The van der Waals surface area contributed by atoms with Gasteiger partial charge in [0.15, 0.2) is 0 Å². The van der Waals surface area contributed by atoms with E-state index in [0.717, 1.165) is 10.9 Å². The molecule has 1 aliphatic carbocycles. The number of benzene rings is 2. The van der Waals surface area contributed by atoms with Gasteiger partial charge in [-0.25, -0.2) is 4.39 Å². The third-order valence-electron chi connectivity index (χ3n) is 4.87. The molecular formula is C20H18FN3O2. The lowest BCUT2D eigenvalue weighted by molar-refractivity contribution is -0.123. The topological polar surface area (TPSA) is 63.1 Å². The molecule has 0 aliphatic heterocycles. The molecule has 26 heavy (non-hydrogen) atoms. The minimum Gasteiger partial charge on any atom is -0.350 e. The van der Waals surface area contributed by atoms with Gasteiger partial charge in [-0.2, -0.15) is 0 Å². The minimum absolute atomic E-state index is 0.134. The van der Waals surface area contributed by atoms with Crippen molar-refractivity contribution >= 4 is 22.7 Å². The summed E-state index contributed by atoms with van der Waals surface area (Å²) in [6.45, 7) is 0. The minimum atomic E-state index is -0.377. The van der Waals surface area contributed by atoms with Crippen LogP contribution in [0.25, 0.3) is 10.9 Å². The first-order valence-electron chi connectivity index (χ1n) is 8.45. The average molecular weight is 351 g/mol. The molecule has 1 aliphatic rings. The molecule has 0 bridgehead atoms. The van der Waals surface area contributed by atoms with Crippen LogP contribution in [0.1, 0.15) is 28.3 Å². The van der Waals surface area contributed by atoms with Crippen LogP contribution in [0.5, 0.6) is 0 Å². The Balaban J connectivity index is 1.41. The van der Waals surface area contributed by atoms with E-state index >= 15 is 0 Å². The third-order valence-corrected chi connectivity index (χ3v) is 4.87. The van der Waals surface area contributed by atoms with Gasteiger partial charge in [0, 0.05) is 30.1 Å². The van der Waals surface area contributed by atoms with Crippen molar-refractivity contribution in [2.75, 3.05) is 0 Å². The molecule has 0 spiro atoms. The van der Waals surface area contributed by atoms with Crippen molar-refractivity contribution in [2.24, 2.45) is 13.0 Å². The van der Waals surface area contributed by atoms with Gasteiger partial charge in [-0.1, -0.05) is 36.4 Å². The molecule has 1 saturated carbocycles. The fraction of sp³-hybridized carbons (Fsp3) is 0.200. The second kappa shape index (κ2) is 6.29. The largest absolute Gasteiger partial charge is 0.350 e. The molecular weight excluding hydrogens is 333 g/mol. The van der Waals surface area contributed by atoms with Gasteiger partial charge >= 0.3 is 0 Å². The number of hydrogen-bond acceptors (Lipinski definition) is 2. The highest BCUT2D eigenvalue weighted by atomic mass is 19.1. The van der Waals surface area contributed by atoms with Crippen LogP contribution in [0.2, 0.25) is 0 Å². The molecule has 0 radical (unpaired) electrons. The van der Waals surface area contributed by atoms with E-state index < -0.39 is 0 Å². The van der Waals surface area contributed by atoms with Gasteiger partial charge in [0.2, 0.25) is 5.91 Å². The Morgan fingerprint density at radius 2 is 1.81 bits per heavy atom. The van der Waals surface area contributed by atoms with Crippen LogP contribution in [0.3, 0.4) is 0 Å². The Labute approximate surface area is 149 Å². The van der Waals surface area contributed by atoms with Crippen molar-refractivity contribution in [3.63, 3.8) is 0 Å². The summed E-state index contributed by atoms with van der Waals surface area (Å²) in [5.74, 6) is -1.43. The number of nitrogens with zero attached hydrogens (tertiary/aromatic N) is 1. The Morgan fingerprint density at radius 1 is 1.08 bits per heavy atom. The van der Waals surface area contributed by atoms with E-state index in [4.69, 9.17) is 0 Å². The molecule has 2 amide bonds. The van der Waals surface area contributed by atoms with Crippen molar-refractivity contribution in [1.29, 1.82) is 0 Å². The van der Waals surface area contributed by atoms with Crippen molar-refractivity contribution in [2.45, 2.75) is 12.3 Å². The molecule has 1 aromatic heterocycles. The highest BCUT2D eigenvalue weighted by Gasteiger charge is 2.45. The van der Waals surface area contributed by atoms with Gasteiger partial charge in [0.1, 0.15) is 5.82 Å². The number of halogens is 1. The zero-order valence-corrected chi connectivity index (χ0v) is 14.2. The number of fused-ring (bicyclic) bond motifs is 1. The SMILES string of the molecule is Cn1cc(C(=O)NNC(=O)C2CC2c2ccccc2F)c2ccccc21. The van der Waals surface area contributed by atoms with Gasteiger partial charge in [-0.15, -0.1) is 0 Å². The second-order valence-corrected chi connectivity index (χ2v) is 6.58. The van der Waals surface area contributed by atoms with Gasteiger partial charge in [-0.05, 0) is 30.0 Å². The zero-order chi connectivity index (χ0) is 18.3. The number of hydrazine groups is 1. The molecule has 132 valence electrons.